The Balaban J connectivity index is 2.22. The van der Waals surface area contributed by atoms with E-state index >= 15 is 0 Å². The molecule has 0 aliphatic carbocycles. The molecule has 0 radical (unpaired) electrons. The summed E-state index contributed by atoms with van der Waals surface area (Å²) in [7, 11) is -3.53. The fourth-order valence-corrected chi connectivity index (χ4v) is 3.68. The number of carbonyl (C=O) groups is 1. The van der Waals surface area contributed by atoms with Crippen molar-refractivity contribution in [3.05, 3.63) is 62.7 Å². The van der Waals surface area contributed by atoms with E-state index in [2.05, 4.69) is 22.6 Å². The molecule has 0 saturated heterocycles. The lowest BCUT2D eigenvalue weighted by atomic mass is 9.99. The van der Waals surface area contributed by atoms with E-state index in [0.717, 1.165) is 30.8 Å². The number of ketones is 1. The average Bonchev–Trinajstić information content (AvgIpc) is 2.49. The topological polar surface area (TPSA) is 54.5 Å². The van der Waals surface area contributed by atoms with E-state index < -0.39 is 10.0 Å². The lowest BCUT2D eigenvalue weighted by Gasteiger charge is -2.22. The summed E-state index contributed by atoms with van der Waals surface area (Å²) in [4.78, 5) is 12.5. The second kappa shape index (κ2) is 7.65. The van der Waals surface area contributed by atoms with Crippen molar-refractivity contribution in [3.63, 3.8) is 0 Å². The van der Waals surface area contributed by atoms with Crippen LogP contribution >= 0.6 is 22.6 Å². The van der Waals surface area contributed by atoms with Gasteiger partial charge in [0.15, 0.2) is 5.78 Å². The minimum absolute atomic E-state index is 0.132. The standard InChI is InChI=1S/C18H20INO3S/c1-13-5-4-6-15(14(13)2)11-18(21)12-20(24(3,22)23)17-9-7-16(19)8-10-17/h4-10H,11-12H2,1-3H3. The molecule has 128 valence electrons. The van der Waals surface area contributed by atoms with E-state index in [0.29, 0.717) is 5.69 Å². The van der Waals surface area contributed by atoms with Crippen LogP contribution in [0.5, 0.6) is 0 Å². The third-order valence-corrected chi connectivity index (χ3v) is 5.80. The molecule has 0 bridgehead atoms. The molecule has 24 heavy (non-hydrogen) atoms. The van der Waals surface area contributed by atoms with Gasteiger partial charge >= 0.3 is 0 Å². The molecule has 0 aromatic heterocycles. The number of sulfonamides is 1. The maximum Gasteiger partial charge on any atom is 0.232 e. The zero-order valence-corrected chi connectivity index (χ0v) is 16.9. The maximum atomic E-state index is 12.5. The number of carbonyl (C=O) groups excluding carboxylic acids is 1. The van der Waals surface area contributed by atoms with Crippen molar-refractivity contribution in [3.8, 4) is 0 Å². The van der Waals surface area contributed by atoms with E-state index in [1.54, 1.807) is 12.1 Å². The van der Waals surface area contributed by atoms with E-state index in [1.807, 2.05) is 44.2 Å². The first-order valence-electron chi connectivity index (χ1n) is 7.48. The zero-order chi connectivity index (χ0) is 17.9. The van der Waals surface area contributed by atoms with E-state index in [4.69, 9.17) is 0 Å². The number of benzene rings is 2. The summed E-state index contributed by atoms with van der Waals surface area (Å²) in [5, 5.41) is 0. The zero-order valence-electron chi connectivity index (χ0n) is 13.9. The van der Waals surface area contributed by atoms with Crippen molar-refractivity contribution < 1.29 is 13.2 Å². The van der Waals surface area contributed by atoms with Gasteiger partial charge in [0, 0.05) is 9.99 Å². The van der Waals surface area contributed by atoms with E-state index in [1.165, 1.54) is 0 Å². The average molecular weight is 457 g/mol. The largest absolute Gasteiger partial charge is 0.297 e. The van der Waals surface area contributed by atoms with Crippen molar-refractivity contribution in [2.45, 2.75) is 20.3 Å². The number of halogens is 1. The molecular formula is C18H20INO3S. The smallest absolute Gasteiger partial charge is 0.232 e. The van der Waals surface area contributed by atoms with Crippen LogP contribution in [0.15, 0.2) is 42.5 Å². The molecular weight excluding hydrogens is 437 g/mol. The van der Waals surface area contributed by atoms with Crippen LogP contribution < -0.4 is 4.31 Å². The Morgan fingerprint density at radius 1 is 1.08 bits per heavy atom. The Morgan fingerprint density at radius 3 is 2.29 bits per heavy atom. The van der Waals surface area contributed by atoms with Crippen LogP contribution in [0, 0.1) is 17.4 Å². The minimum Gasteiger partial charge on any atom is -0.297 e. The summed E-state index contributed by atoms with van der Waals surface area (Å²) < 4.78 is 26.4. The lowest BCUT2D eigenvalue weighted by molar-refractivity contribution is -0.117. The highest BCUT2D eigenvalue weighted by molar-refractivity contribution is 14.1. The van der Waals surface area contributed by atoms with Gasteiger partial charge in [-0.2, -0.15) is 0 Å². The predicted octanol–water partition coefficient (Wildman–Crippen LogP) is 3.49. The normalized spacial score (nSPS) is 11.3. The van der Waals surface area contributed by atoms with Crippen molar-refractivity contribution in [2.24, 2.45) is 0 Å². The molecule has 0 aliphatic heterocycles. The first-order valence-corrected chi connectivity index (χ1v) is 10.4. The second-order valence-electron chi connectivity index (χ2n) is 5.82. The maximum absolute atomic E-state index is 12.5. The van der Waals surface area contributed by atoms with Crippen molar-refractivity contribution >= 4 is 44.1 Å². The molecule has 0 heterocycles. The highest BCUT2D eigenvalue weighted by atomic mass is 127. The molecule has 6 heteroatoms. The van der Waals surface area contributed by atoms with Crippen LogP contribution in [0.25, 0.3) is 0 Å². The van der Waals surface area contributed by atoms with Crippen molar-refractivity contribution in [2.75, 3.05) is 17.1 Å². The van der Waals surface area contributed by atoms with Crippen LogP contribution in [-0.2, 0) is 21.2 Å². The molecule has 2 aromatic rings. The predicted molar refractivity (Wildman–Crippen MR) is 106 cm³/mol. The van der Waals surface area contributed by atoms with Crippen LogP contribution in [0.3, 0.4) is 0 Å². The number of hydrogen-bond acceptors (Lipinski definition) is 3. The molecule has 0 saturated carbocycles. The molecule has 0 aliphatic rings. The van der Waals surface area contributed by atoms with Gasteiger partial charge in [-0.3, -0.25) is 9.10 Å². The summed E-state index contributed by atoms with van der Waals surface area (Å²) in [6, 6.07) is 12.9. The number of aryl methyl sites for hydroxylation is 1. The second-order valence-corrected chi connectivity index (χ2v) is 8.97. The molecule has 2 aromatic carbocycles. The van der Waals surface area contributed by atoms with Gasteiger partial charge in [0.25, 0.3) is 0 Å². The van der Waals surface area contributed by atoms with E-state index in [-0.39, 0.29) is 18.7 Å². The number of rotatable bonds is 6. The number of Topliss-reactive ketones (excluding diaryl/α,β-unsaturated/α-hetero) is 1. The number of hydrogen-bond donors (Lipinski definition) is 0. The summed E-state index contributed by atoms with van der Waals surface area (Å²) in [5.41, 5.74) is 3.65. The first kappa shape index (κ1) is 18.9. The molecule has 0 amide bonds. The van der Waals surface area contributed by atoms with Crippen LogP contribution in [0.1, 0.15) is 16.7 Å². The van der Waals surface area contributed by atoms with Crippen molar-refractivity contribution in [1.82, 2.24) is 0 Å². The van der Waals surface area contributed by atoms with Gasteiger partial charge in [0.2, 0.25) is 10.0 Å². The van der Waals surface area contributed by atoms with Gasteiger partial charge in [-0.15, -0.1) is 0 Å². The Hall–Kier alpha value is -1.41. The highest BCUT2D eigenvalue weighted by Crippen LogP contribution is 2.20. The Bertz CT molecular complexity index is 845. The third kappa shape index (κ3) is 4.80. The SMILES string of the molecule is Cc1cccc(CC(=O)CN(c2ccc(I)cc2)S(C)(=O)=O)c1C. The highest BCUT2D eigenvalue weighted by Gasteiger charge is 2.21. The van der Waals surface area contributed by atoms with Crippen LogP contribution in [0.4, 0.5) is 5.69 Å². The number of nitrogens with zero attached hydrogens (tertiary/aromatic N) is 1. The minimum atomic E-state index is -3.53. The Morgan fingerprint density at radius 2 is 1.71 bits per heavy atom. The van der Waals surface area contributed by atoms with Crippen LogP contribution in [0.2, 0.25) is 0 Å². The van der Waals surface area contributed by atoms with Gasteiger partial charge in [-0.05, 0) is 77.4 Å². The molecule has 4 nitrogen and oxygen atoms in total. The summed E-state index contributed by atoms with van der Waals surface area (Å²) >= 11 is 2.15. The molecule has 0 fully saturated rings. The first-order chi connectivity index (χ1) is 11.2. The number of anilines is 1. The van der Waals surface area contributed by atoms with Crippen molar-refractivity contribution in [1.29, 1.82) is 0 Å². The third-order valence-electron chi connectivity index (χ3n) is 3.94. The summed E-state index contributed by atoms with van der Waals surface area (Å²) in [6.45, 7) is 3.82. The fraction of sp³-hybridized carbons (Fsp3) is 0.278. The van der Waals surface area contributed by atoms with Gasteiger partial charge in [0.05, 0.1) is 18.5 Å². The summed E-state index contributed by atoms with van der Waals surface area (Å²) in [5.74, 6) is -0.132. The van der Waals surface area contributed by atoms with E-state index in [9.17, 15) is 13.2 Å². The lowest BCUT2D eigenvalue weighted by Crippen LogP contribution is -2.35. The molecule has 0 spiro atoms. The Labute approximate surface area is 157 Å². The molecule has 2 rings (SSSR count). The Kier molecular flexibility index (Phi) is 6.03. The quantitative estimate of drug-likeness (QED) is 0.625. The van der Waals surface area contributed by atoms with Gasteiger partial charge in [0.1, 0.15) is 0 Å². The fourth-order valence-electron chi connectivity index (χ4n) is 2.44. The molecule has 0 atom stereocenters. The monoisotopic (exact) mass is 457 g/mol. The molecule has 0 N–H and O–H groups in total. The van der Waals surface area contributed by atoms with Crippen LogP contribution in [-0.4, -0.2) is 27.0 Å². The molecule has 0 unspecified atom stereocenters. The summed E-state index contributed by atoms with van der Waals surface area (Å²) in [6.07, 6.45) is 1.35. The van der Waals surface area contributed by atoms with Gasteiger partial charge < -0.3 is 0 Å². The van der Waals surface area contributed by atoms with Gasteiger partial charge in [-0.25, -0.2) is 8.42 Å². The van der Waals surface area contributed by atoms with Gasteiger partial charge in [-0.1, -0.05) is 18.2 Å².